The van der Waals surface area contributed by atoms with Gasteiger partial charge in [0.25, 0.3) is 0 Å². The average molecular weight is 186 g/mol. The van der Waals surface area contributed by atoms with Gasteiger partial charge in [-0.05, 0) is 17.7 Å². The Bertz CT molecular complexity index is 355. The molecule has 0 aromatic heterocycles. The van der Waals surface area contributed by atoms with Crippen molar-refractivity contribution in [3.63, 3.8) is 0 Å². The maximum atomic E-state index is 11.1. The minimum Gasteiger partial charge on any atom is -0.274 e. The summed E-state index contributed by atoms with van der Waals surface area (Å²) in [4.78, 5) is 0.447. The van der Waals surface area contributed by atoms with Crippen LogP contribution in [0.3, 0.4) is 0 Å². The van der Waals surface area contributed by atoms with E-state index in [1.54, 1.807) is 12.1 Å². The highest BCUT2D eigenvalue weighted by atomic mass is 32.2. The van der Waals surface area contributed by atoms with Crippen molar-refractivity contribution in [2.45, 2.75) is 10.6 Å². The summed E-state index contributed by atoms with van der Waals surface area (Å²) in [5.74, 6) is 8.19. The molecular weight excluding hydrogens is 176 g/mol. The lowest BCUT2D eigenvalue weighted by atomic mass is 10.2. The van der Waals surface area contributed by atoms with E-state index < -0.39 is 9.84 Å². The summed E-state index contributed by atoms with van der Waals surface area (Å²) in [6, 6.07) is 6.98. The number of sulfone groups is 1. The molecule has 0 atom stereocenters. The molecule has 2 aliphatic heterocycles. The first-order chi connectivity index (χ1) is 5.68. The number of benzene rings is 1. The van der Waals surface area contributed by atoms with Crippen molar-refractivity contribution < 1.29 is 8.42 Å². The lowest BCUT2D eigenvalue weighted by Crippen LogP contribution is -2.09. The summed E-state index contributed by atoms with van der Waals surface area (Å²) in [7, 11) is -2.92. The lowest BCUT2D eigenvalue weighted by Gasteiger charge is -2.10. The third-order valence-corrected chi connectivity index (χ3v) is 3.34. The summed E-state index contributed by atoms with van der Waals surface area (Å²) < 4.78 is 22.2. The zero-order valence-electron chi connectivity index (χ0n) is 6.40. The number of hydrazine groups is 1. The Labute approximate surface area is 71.1 Å². The van der Waals surface area contributed by atoms with Crippen LogP contribution in [0.2, 0.25) is 0 Å². The van der Waals surface area contributed by atoms with Crippen molar-refractivity contribution in [3.05, 3.63) is 29.8 Å². The first-order valence-corrected chi connectivity index (χ1v) is 4.99. The predicted octanol–water partition coefficient (Wildman–Crippen LogP) is -0.207. The molecule has 4 N–H and O–H groups in total. The number of fused-ring (bicyclic) bond motifs is 3. The van der Waals surface area contributed by atoms with Crippen LogP contribution in [-0.2, 0) is 15.6 Å². The molecule has 12 heavy (non-hydrogen) atoms. The molecule has 0 fully saturated rings. The Balaban J connectivity index is 0.000000336. The van der Waals surface area contributed by atoms with Gasteiger partial charge in [-0.3, -0.25) is 11.7 Å². The lowest BCUT2D eigenvalue weighted by molar-refractivity contribution is 0.593. The molecule has 2 aliphatic rings. The topological polar surface area (TPSA) is 86.2 Å². The third kappa shape index (κ3) is 1.47. The Morgan fingerprint density at radius 2 is 1.58 bits per heavy atom. The van der Waals surface area contributed by atoms with Crippen molar-refractivity contribution in [2.24, 2.45) is 11.7 Å². The fraction of sp³-hybridized carbons (Fsp3) is 0.143. The predicted molar refractivity (Wildman–Crippen MR) is 45.7 cm³/mol. The molecule has 0 spiro atoms. The molecule has 1 aromatic rings. The van der Waals surface area contributed by atoms with Gasteiger partial charge in [0.2, 0.25) is 0 Å². The highest BCUT2D eigenvalue weighted by Gasteiger charge is 2.19. The first kappa shape index (κ1) is 9.18. The van der Waals surface area contributed by atoms with Gasteiger partial charge in [0, 0.05) is 0 Å². The molecular formula is C7H10N2O2S. The van der Waals surface area contributed by atoms with Gasteiger partial charge in [0.15, 0.2) is 9.84 Å². The monoisotopic (exact) mass is 186 g/mol. The van der Waals surface area contributed by atoms with Crippen LogP contribution in [0.15, 0.2) is 29.2 Å². The summed E-state index contributed by atoms with van der Waals surface area (Å²) in [6.45, 7) is 0. The molecule has 3 rings (SSSR count). The highest BCUT2D eigenvalue weighted by molar-refractivity contribution is 7.90. The Hall–Kier alpha value is -0.910. The molecule has 0 amide bonds. The van der Waals surface area contributed by atoms with E-state index in [2.05, 4.69) is 11.7 Å². The van der Waals surface area contributed by atoms with Crippen LogP contribution in [0.4, 0.5) is 0 Å². The van der Waals surface area contributed by atoms with Crippen LogP contribution in [0, 0.1) is 0 Å². The normalized spacial score (nSPS) is 16.5. The van der Waals surface area contributed by atoms with Crippen molar-refractivity contribution in [1.82, 2.24) is 0 Å². The average Bonchev–Trinajstić information content (AvgIpc) is 2.08. The summed E-state index contributed by atoms with van der Waals surface area (Å²) in [5.41, 5.74) is 0.884. The third-order valence-electron chi connectivity index (χ3n) is 1.64. The molecule has 2 heterocycles. The van der Waals surface area contributed by atoms with Crippen molar-refractivity contribution in [3.8, 4) is 0 Å². The minimum absolute atomic E-state index is 0.190. The molecule has 2 bridgehead atoms. The summed E-state index contributed by atoms with van der Waals surface area (Å²) >= 11 is 0. The van der Waals surface area contributed by atoms with Gasteiger partial charge in [0.1, 0.15) is 0 Å². The molecule has 4 nitrogen and oxygen atoms in total. The molecule has 0 aliphatic carbocycles. The fourth-order valence-corrected chi connectivity index (χ4v) is 2.44. The van der Waals surface area contributed by atoms with Gasteiger partial charge in [-0.25, -0.2) is 8.42 Å². The number of nitrogens with two attached hydrogens (primary N) is 2. The van der Waals surface area contributed by atoms with E-state index in [4.69, 9.17) is 0 Å². The van der Waals surface area contributed by atoms with Gasteiger partial charge in [-0.1, -0.05) is 12.1 Å². The molecule has 66 valence electrons. The Morgan fingerprint density at radius 3 is 1.75 bits per heavy atom. The van der Waals surface area contributed by atoms with E-state index in [1.165, 1.54) is 0 Å². The van der Waals surface area contributed by atoms with E-state index in [1.807, 2.05) is 12.1 Å². The standard InChI is InChI=1S/C7H6O2S.H4N2/c8-10(9)5-6-1-3-7(10)4-2-6;1-2/h1-4H,5H2;1-2H2. The van der Waals surface area contributed by atoms with Crippen LogP contribution in [0.1, 0.15) is 5.56 Å². The molecule has 1 aromatic carbocycles. The highest BCUT2D eigenvalue weighted by Crippen LogP contribution is 2.22. The Kier molecular flexibility index (Phi) is 2.46. The number of rotatable bonds is 0. The second kappa shape index (κ2) is 3.22. The molecule has 0 saturated carbocycles. The van der Waals surface area contributed by atoms with Crippen LogP contribution in [0.5, 0.6) is 0 Å². The smallest absolute Gasteiger partial charge is 0.182 e. The minimum atomic E-state index is -2.92. The quantitative estimate of drug-likeness (QED) is 0.433. The van der Waals surface area contributed by atoms with E-state index >= 15 is 0 Å². The van der Waals surface area contributed by atoms with Crippen molar-refractivity contribution in [1.29, 1.82) is 0 Å². The van der Waals surface area contributed by atoms with Crippen molar-refractivity contribution in [2.75, 3.05) is 0 Å². The molecule has 0 radical (unpaired) electrons. The summed E-state index contributed by atoms with van der Waals surface area (Å²) in [6.07, 6.45) is 0. The van der Waals surface area contributed by atoms with Gasteiger partial charge >= 0.3 is 0 Å². The van der Waals surface area contributed by atoms with Crippen LogP contribution >= 0.6 is 0 Å². The molecule has 5 heteroatoms. The van der Waals surface area contributed by atoms with Gasteiger partial charge in [-0.15, -0.1) is 0 Å². The van der Waals surface area contributed by atoms with Crippen LogP contribution < -0.4 is 11.7 Å². The van der Waals surface area contributed by atoms with Gasteiger partial charge < -0.3 is 0 Å². The number of hydrogen-bond donors (Lipinski definition) is 2. The van der Waals surface area contributed by atoms with E-state index in [-0.39, 0.29) is 5.75 Å². The maximum Gasteiger partial charge on any atom is 0.182 e. The van der Waals surface area contributed by atoms with Gasteiger partial charge in [-0.2, -0.15) is 0 Å². The van der Waals surface area contributed by atoms with Crippen LogP contribution in [0.25, 0.3) is 0 Å². The van der Waals surface area contributed by atoms with E-state index in [0.29, 0.717) is 4.90 Å². The van der Waals surface area contributed by atoms with E-state index in [9.17, 15) is 8.42 Å². The van der Waals surface area contributed by atoms with E-state index in [0.717, 1.165) is 5.56 Å². The van der Waals surface area contributed by atoms with Crippen LogP contribution in [-0.4, -0.2) is 8.42 Å². The molecule has 0 saturated heterocycles. The van der Waals surface area contributed by atoms with Crippen molar-refractivity contribution >= 4 is 9.84 Å². The fourth-order valence-electron chi connectivity index (χ4n) is 1.10. The second-order valence-electron chi connectivity index (χ2n) is 2.40. The zero-order chi connectivity index (χ0) is 9.19. The SMILES string of the molecule is NN.O=S1(=O)Cc2ccc1cc2. The molecule has 0 unspecified atom stereocenters. The summed E-state index contributed by atoms with van der Waals surface area (Å²) in [5, 5.41) is 0. The Morgan fingerprint density at radius 1 is 1.08 bits per heavy atom. The number of hydrogen-bond acceptors (Lipinski definition) is 4. The van der Waals surface area contributed by atoms with Gasteiger partial charge in [0.05, 0.1) is 10.6 Å². The first-order valence-electron chi connectivity index (χ1n) is 3.33. The largest absolute Gasteiger partial charge is 0.274 e. The second-order valence-corrected chi connectivity index (χ2v) is 4.39. The zero-order valence-corrected chi connectivity index (χ0v) is 7.21. The maximum absolute atomic E-state index is 11.1.